The van der Waals surface area contributed by atoms with Crippen LogP contribution in [0.25, 0.3) is 28.1 Å². The molecule has 0 saturated heterocycles. The van der Waals surface area contributed by atoms with Crippen molar-refractivity contribution in [2.24, 2.45) is 4.99 Å². The SMILES string of the molecule is COc1ccc(-c2oc(N=Cc3cc(C)n(-c4ccc(Cl)cc4)c3C)c(C#N)c2-c2ccc(OC)cc2)cc1. The molecule has 0 fully saturated rings. The van der Waals surface area contributed by atoms with Gasteiger partial charge in [0.2, 0.25) is 5.88 Å². The smallest absolute Gasteiger partial charge is 0.238 e. The number of nitriles is 1. The molecule has 0 amide bonds. The van der Waals surface area contributed by atoms with E-state index in [1.807, 2.05) is 86.6 Å². The second-order valence-electron chi connectivity index (χ2n) is 8.95. The van der Waals surface area contributed by atoms with E-state index < -0.39 is 0 Å². The Labute approximate surface area is 232 Å². The minimum atomic E-state index is 0.241. The normalized spacial score (nSPS) is 11.1. The summed E-state index contributed by atoms with van der Waals surface area (Å²) in [6.45, 7) is 4.07. The monoisotopic (exact) mass is 535 g/mol. The van der Waals surface area contributed by atoms with E-state index in [9.17, 15) is 5.26 Å². The number of hydrogen-bond acceptors (Lipinski definition) is 5. The lowest BCUT2D eigenvalue weighted by Crippen LogP contribution is -1.99. The minimum Gasteiger partial charge on any atom is -0.497 e. The lowest BCUT2D eigenvalue weighted by Gasteiger charge is -2.09. The van der Waals surface area contributed by atoms with Crippen LogP contribution in [0.5, 0.6) is 11.5 Å². The summed E-state index contributed by atoms with van der Waals surface area (Å²) in [5.41, 5.74) is 6.64. The van der Waals surface area contributed by atoms with Crippen LogP contribution in [-0.2, 0) is 0 Å². The van der Waals surface area contributed by atoms with Crippen molar-refractivity contribution in [1.29, 1.82) is 5.26 Å². The Morgan fingerprint density at radius 1 is 0.872 bits per heavy atom. The van der Waals surface area contributed by atoms with E-state index in [1.54, 1.807) is 20.4 Å². The Hall–Kier alpha value is -4.73. The third-order valence-corrected chi connectivity index (χ3v) is 6.86. The highest BCUT2D eigenvalue weighted by Crippen LogP contribution is 2.43. The molecule has 5 aromatic rings. The summed E-state index contributed by atoms with van der Waals surface area (Å²) >= 11 is 6.08. The van der Waals surface area contributed by atoms with Gasteiger partial charge in [0.25, 0.3) is 0 Å². The molecule has 0 aliphatic rings. The van der Waals surface area contributed by atoms with Gasteiger partial charge in [-0.15, -0.1) is 0 Å². The van der Waals surface area contributed by atoms with E-state index in [2.05, 4.69) is 21.7 Å². The molecule has 2 heterocycles. The summed E-state index contributed by atoms with van der Waals surface area (Å²) in [4.78, 5) is 4.67. The van der Waals surface area contributed by atoms with Crippen LogP contribution in [0.15, 0.2) is 88.3 Å². The fourth-order valence-corrected chi connectivity index (χ4v) is 4.75. The highest BCUT2D eigenvalue weighted by atomic mass is 35.5. The molecule has 0 atom stereocenters. The van der Waals surface area contributed by atoms with Crippen molar-refractivity contribution in [2.45, 2.75) is 13.8 Å². The number of rotatable bonds is 7. The Bertz CT molecular complexity index is 1690. The van der Waals surface area contributed by atoms with Crippen molar-refractivity contribution in [1.82, 2.24) is 4.57 Å². The third-order valence-electron chi connectivity index (χ3n) is 6.61. The van der Waals surface area contributed by atoms with Crippen molar-refractivity contribution in [2.75, 3.05) is 14.2 Å². The predicted octanol–water partition coefficient (Wildman–Crippen LogP) is 8.31. The zero-order valence-corrected chi connectivity index (χ0v) is 22.8. The molecule has 39 heavy (non-hydrogen) atoms. The Morgan fingerprint density at radius 3 is 2.03 bits per heavy atom. The maximum absolute atomic E-state index is 10.2. The summed E-state index contributed by atoms with van der Waals surface area (Å²) in [6.07, 6.45) is 1.74. The quantitative estimate of drug-likeness (QED) is 0.196. The second-order valence-corrected chi connectivity index (χ2v) is 9.39. The van der Waals surface area contributed by atoms with Gasteiger partial charge in [-0.25, -0.2) is 4.99 Å². The average Bonchev–Trinajstić information content (AvgIpc) is 3.48. The van der Waals surface area contributed by atoms with E-state index in [1.165, 1.54) is 0 Å². The first-order valence-corrected chi connectivity index (χ1v) is 12.7. The summed E-state index contributed by atoms with van der Waals surface area (Å²) in [5.74, 6) is 2.25. The summed E-state index contributed by atoms with van der Waals surface area (Å²) in [6, 6.07) is 27.1. The number of ether oxygens (including phenoxy) is 2. The fraction of sp³-hybridized carbons (Fsp3) is 0.125. The molecule has 2 aromatic heterocycles. The van der Waals surface area contributed by atoms with E-state index in [-0.39, 0.29) is 5.88 Å². The maximum atomic E-state index is 10.2. The molecule has 7 heteroatoms. The molecule has 3 aromatic carbocycles. The molecule has 0 saturated carbocycles. The molecule has 194 valence electrons. The Morgan fingerprint density at radius 2 is 1.46 bits per heavy atom. The Kier molecular flexibility index (Phi) is 7.27. The number of benzene rings is 3. The lowest BCUT2D eigenvalue weighted by molar-refractivity contribution is 0.414. The van der Waals surface area contributed by atoms with Crippen molar-refractivity contribution in [3.05, 3.63) is 106 Å². The molecule has 0 spiro atoms. The first kappa shape index (κ1) is 25.9. The van der Waals surface area contributed by atoms with Gasteiger partial charge in [0.15, 0.2) is 0 Å². The van der Waals surface area contributed by atoms with Gasteiger partial charge in [0, 0.05) is 45.0 Å². The zero-order valence-electron chi connectivity index (χ0n) is 22.0. The van der Waals surface area contributed by atoms with Crippen LogP contribution < -0.4 is 9.47 Å². The van der Waals surface area contributed by atoms with Gasteiger partial charge >= 0.3 is 0 Å². The molecule has 6 nitrogen and oxygen atoms in total. The number of hydrogen-bond donors (Lipinski definition) is 0. The number of methoxy groups -OCH3 is 2. The standard InChI is InChI=1S/C32H26ClN3O3/c1-20-17-24(21(2)36(20)26-11-9-25(33)10-12-26)19-35-32-29(18-34)30(22-5-13-27(37-3)14-6-22)31(39-32)23-7-15-28(38-4)16-8-23/h5-17,19H,1-4H3. The largest absolute Gasteiger partial charge is 0.497 e. The molecule has 0 N–H and O–H groups in total. The van der Waals surface area contributed by atoms with Crippen molar-refractivity contribution < 1.29 is 13.9 Å². The topological polar surface area (TPSA) is 72.7 Å². The average molecular weight is 536 g/mol. The van der Waals surface area contributed by atoms with Gasteiger partial charge in [0.05, 0.1) is 14.2 Å². The molecular weight excluding hydrogens is 510 g/mol. The first-order valence-electron chi connectivity index (χ1n) is 12.3. The highest BCUT2D eigenvalue weighted by Gasteiger charge is 2.23. The van der Waals surface area contributed by atoms with E-state index in [0.717, 1.165) is 45.3 Å². The number of aryl methyl sites for hydroxylation is 1. The van der Waals surface area contributed by atoms with Crippen molar-refractivity contribution >= 4 is 23.7 Å². The molecule has 0 aliphatic carbocycles. The molecule has 5 rings (SSSR count). The van der Waals surface area contributed by atoms with Gasteiger partial charge in [-0.2, -0.15) is 5.26 Å². The Balaban J connectivity index is 1.61. The third kappa shape index (κ3) is 5.05. The summed E-state index contributed by atoms with van der Waals surface area (Å²) < 4.78 is 19.1. The van der Waals surface area contributed by atoms with Gasteiger partial charge in [-0.1, -0.05) is 23.7 Å². The van der Waals surface area contributed by atoms with Gasteiger partial charge in [0.1, 0.15) is 28.9 Å². The predicted molar refractivity (Wildman–Crippen MR) is 155 cm³/mol. The number of nitrogens with zero attached hydrogens (tertiary/aromatic N) is 3. The second kappa shape index (κ2) is 10.9. The molecule has 0 aliphatic heterocycles. The summed E-state index contributed by atoms with van der Waals surface area (Å²) in [7, 11) is 3.24. The van der Waals surface area contributed by atoms with Crippen LogP contribution in [0.4, 0.5) is 5.88 Å². The minimum absolute atomic E-state index is 0.241. The zero-order chi connectivity index (χ0) is 27.5. The van der Waals surface area contributed by atoms with Gasteiger partial charge in [-0.05, 0) is 86.1 Å². The van der Waals surface area contributed by atoms with Crippen LogP contribution >= 0.6 is 11.6 Å². The van der Waals surface area contributed by atoms with E-state index in [4.69, 9.17) is 25.5 Å². The molecular formula is C32H26ClN3O3. The maximum Gasteiger partial charge on any atom is 0.238 e. The number of aliphatic imine (C=N–C) groups is 1. The van der Waals surface area contributed by atoms with Gasteiger partial charge < -0.3 is 18.5 Å². The lowest BCUT2D eigenvalue weighted by atomic mass is 9.98. The summed E-state index contributed by atoms with van der Waals surface area (Å²) in [5, 5.41) is 10.9. The van der Waals surface area contributed by atoms with Crippen LogP contribution in [0.3, 0.4) is 0 Å². The van der Waals surface area contributed by atoms with Gasteiger partial charge in [-0.3, -0.25) is 0 Å². The molecule has 0 radical (unpaired) electrons. The van der Waals surface area contributed by atoms with Crippen LogP contribution in [0.2, 0.25) is 5.02 Å². The fourth-order valence-electron chi connectivity index (χ4n) is 4.63. The molecule has 0 bridgehead atoms. The number of halogens is 1. The number of furan rings is 1. The van der Waals surface area contributed by atoms with Crippen molar-refractivity contribution in [3.8, 4) is 45.7 Å². The highest BCUT2D eigenvalue weighted by molar-refractivity contribution is 6.30. The van der Waals surface area contributed by atoms with Crippen LogP contribution in [0, 0.1) is 25.2 Å². The van der Waals surface area contributed by atoms with E-state index >= 15 is 0 Å². The van der Waals surface area contributed by atoms with E-state index in [0.29, 0.717) is 21.9 Å². The first-order chi connectivity index (χ1) is 18.9. The van der Waals surface area contributed by atoms with Crippen molar-refractivity contribution in [3.63, 3.8) is 0 Å². The van der Waals surface area contributed by atoms with Crippen LogP contribution in [-0.4, -0.2) is 25.0 Å². The molecule has 0 unspecified atom stereocenters. The van der Waals surface area contributed by atoms with Crippen LogP contribution in [0.1, 0.15) is 22.5 Å². The number of aromatic nitrogens is 1.